The Labute approximate surface area is 78.4 Å². The molecule has 0 spiro atoms. The molecule has 0 aromatic heterocycles. The first-order valence-corrected chi connectivity index (χ1v) is 4.66. The van der Waals surface area contributed by atoms with E-state index >= 15 is 0 Å². The fourth-order valence-electron chi connectivity index (χ4n) is 1.06. The molecule has 0 heterocycles. The van der Waals surface area contributed by atoms with Crippen LogP contribution in [0.25, 0.3) is 0 Å². The van der Waals surface area contributed by atoms with Crippen molar-refractivity contribution in [1.82, 2.24) is 0 Å². The summed E-state index contributed by atoms with van der Waals surface area (Å²) in [4.78, 5) is 25.2. The molecule has 0 bridgehead atoms. The van der Waals surface area contributed by atoms with Crippen LogP contribution in [0.2, 0.25) is 0 Å². The number of ketones is 1. The van der Waals surface area contributed by atoms with Crippen LogP contribution < -0.4 is 5.90 Å². The first-order chi connectivity index (χ1) is 6.22. The van der Waals surface area contributed by atoms with Crippen LogP contribution in [0.15, 0.2) is 0 Å². The Morgan fingerprint density at radius 3 is 2.31 bits per heavy atom. The molecule has 0 unspecified atom stereocenters. The lowest BCUT2D eigenvalue weighted by atomic mass is 10.1. The summed E-state index contributed by atoms with van der Waals surface area (Å²) in [6.45, 7) is 2.12. The summed E-state index contributed by atoms with van der Waals surface area (Å²) in [7, 11) is 0. The Morgan fingerprint density at radius 1 is 1.15 bits per heavy atom. The fraction of sp³-hybridized carbons (Fsp3) is 0.778. The second-order valence-corrected chi connectivity index (χ2v) is 2.99. The van der Waals surface area contributed by atoms with Crippen LogP contribution in [-0.2, 0) is 14.4 Å². The highest BCUT2D eigenvalue weighted by atomic mass is 16.7. The Balaban J connectivity index is 3.32. The van der Waals surface area contributed by atoms with Gasteiger partial charge in [-0.15, -0.1) is 0 Å². The van der Waals surface area contributed by atoms with Crippen LogP contribution in [0.4, 0.5) is 0 Å². The number of hydrogen-bond donors (Lipinski definition) is 1. The Bertz CT molecular complexity index is 168. The zero-order chi connectivity index (χ0) is 10.1. The van der Waals surface area contributed by atoms with E-state index in [0.717, 1.165) is 19.3 Å². The van der Waals surface area contributed by atoms with Crippen LogP contribution in [0.3, 0.4) is 0 Å². The van der Waals surface area contributed by atoms with Crippen molar-refractivity contribution in [3.8, 4) is 0 Å². The second-order valence-electron chi connectivity index (χ2n) is 2.99. The van der Waals surface area contributed by atoms with Gasteiger partial charge in [0.1, 0.15) is 0 Å². The zero-order valence-corrected chi connectivity index (χ0v) is 8.04. The minimum absolute atomic E-state index is 0.250. The van der Waals surface area contributed by atoms with Crippen molar-refractivity contribution in [1.29, 1.82) is 0 Å². The van der Waals surface area contributed by atoms with Crippen molar-refractivity contribution in [2.45, 2.75) is 45.4 Å². The number of unbranched alkanes of at least 4 members (excludes halogenated alkanes) is 4. The van der Waals surface area contributed by atoms with Crippen molar-refractivity contribution in [2.75, 3.05) is 0 Å². The molecule has 0 amide bonds. The van der Waals surface area contributed by atoms with Gasteiger partial charge in [-0.1, -0.05) is 32.6 Å². The van der Waals surface area contributed by atoms with E-state index in [1.807, 2.05) is 0 Å². The highest BCUT2D eigenvalue weighted by Gasteiger charge is 2.12. The highest BCUT2D eigenvalue weighted by molar-refractivity contribution is 6.33. The third-order valence-corrected chi connectivity index (χ3v) is 1.84. The molecule has 0 saturated heterocycles. The maximum Gasteiger partial charge on any atom is 0.393 e. The first-order valence-electron chi connectivity index (χ1n) is 4.66. The summed E-state index contributed by atoms with van der Waals surface area (Å²) >= 11 is 0. The minimum atomic E-state index is -0.935. The van der Waals surface area contributed by atoms with Gasteiger partial charge in [-0.05, 0) is 6.42 Å². The van der Waals surface area contributed by atoms with Gasteiger partial charge < -0.3 is 4.84 Å². The molecule has 2 N–H and O–H groups in total. The molecule has 0 aromatic carbocycles. The number of nitrogens with two attached hydrogens (primary N) is 1. The van der Waals surface area contributed by atoms with Gasteiger partial charge in [-0.2, -0.15) is 5.90 Å². The van der Waals surface area contributed by atoms with Crippen LogP contribution >= 0.6 is 0 Å². The van der Waals surface area contributed by atoms with Gasteiger partial charge in [0.2, 0.25) is 5.78 Å². The summed E-state index contributed by atoms with van der Waals surface area (Å²) in [5.41, 5.74) is 0. The predicted octanol–water partition coefficient (Wildman–Crippen LogP) is 1.33. The molecule has 76 valence electrons. The van der Waals surface area contributed by atoms with Gasteiger partial charge in [-0.25, -0.2) is 4.79 Å². The molecule has 0 rings (SSSR count). The summed E-state index contributed by atoms with van der Waals surface area (Å²) in [6.07, 6.45) is 5.43. The molecular weight excluding hydrogens is 170 g/mol. The van der Waals surface area contributed by atoms with E-state index in [1.165, 1.54) is 12.8 Å². The molecule has 0 saturated carbocycles. The summed E-state index contributed by atoms with van der Waals surface area (Å²) in [6, 6.07) is 0. The average molecular weight is 187 g/mol. The predicted molar refractivity (Wildman–Crippen MR) is 48.7 cm³/mol. The maximum atomic E-state index is 10.9. The minimum Gasteiger partial charge on any atom is -0.367 e. The van der Waals surface area contributed by atoms with E-state index < -0.39 is 11.8 Å². The topological polar surface area (TPSA) is 69.4 Å². The molecule has 0 aliphatic carbocycles. The molecule has 0 fully saturated rings. The number of rotatable bonds is 7. The van der Waals surface area contributed by atoms with Crippen molar-refractivity contribution < 1.29 is 14.4 Å². The SMILES string of the molecule is CCCCCCCC(=O)C(=O)ON. The van der Waals surface area contributed by atoms with E-state index in [9.17, 15) is 9.59 Å². The van der Waals surface area contributed by atoms with Gasteiger partial charge in [0, 0.05) is 6.42 Å². The first kappa shape index (κ1) is 12.1. The van der Waals surface area contributed by atoms with E-state index in [4.69, 9.17) is 0 Å². The summed E-state index contributed by atoms with van der Waals surface area (Å²) in [5, 5.41) is 0. The van der Waals surface area contributed by atoms with E-state index in [1.54, 1.807) is 0 Å². The number of carbonyl (C=O) groups is 2. The molecule has 0 atom stereocenters. The van der Waals surface area contributed by atoms with Gasteiger partial charge in [0.15, 0.2) is 0 Å². The molecule has 0 aliphatic heterocycles. The lowest BCUT2D eigenvalue weighted by molar-refractivity contribution is -0.154. The Hall–Kier alpha value is -0.900. The maximum absolute atomic E-state index is 10.9. The van der Waals surface area contributed by atoms with Gasteiger partial charge in [-0.3, -0.25) is 4.79 Å². The van der Waals surface area contributed by atoms with Gasteiger partial charge in [0.05, 0.1) is 0 Å². The van der Waals surface area contributed by atoms with Crippen LogP contribution in [0.5, 0.6) is 0 Å². The lowest BCUT2D eigenvalue weighted by Gasteiger charge is -1.98. The summed E-state index contributed by atoms with van der Waals surface area (Å²) in [5.74, 6) is 3.09. The molecule has 4 nitrogen and oxygen atoms in total. The second kappa shape index (κ2) is 7.73. The van der Waals surface area contributed by atoms with Crippen LogP contribution in [-0.4, -0.2) is 11.8 Å². The third kappa shape index (κ3) is 6.28. The third-order valence-electron chi connectivity index (χ3n) is 1.84. The molecule has 13 heavy (non-hydrogen) atoms. The largest absolute Gasteiger partial charge is 0.393 e. The number of hydrogen-bond acceptors (Lipinski definition) is 4. The molecule has 0 aliphatic rings. The lowest BCUT2D eigenvalue weighted by Crippen LogP contribution is -2.20. The molecular formula is C9H17NO3. The van der Waals surface area contributed by atoms with Crippen LogP contribution in [0, 0.1) is 0 Å². The Kier molecular flexibility index (Phi) is 7.20. The van der Waals surface area contributed by atoms with Gasteiger partial charge in [0.25, 0.3) is 0 Å². The monoisotopic (exact) mass is 187 g/mol. The average Bonchev–Trinajstić information content (AvgIpc) is 2.16. The summed E-state index contributed by atoms with van der Waals surface area (Å²) < 4.78 is 0. The van der Waals surface area contributed by atoms with E-state index in [2.05, 4.69) is 17.7 Å². The smallest absolute Gasteiger partial charge is 0.367 e. The van der Waals surface area contributed by atoms with E-state index in [-0.39, 0.29) is 6.42 Å². The van der Waals surface area contributed by atoms with Crippen molar-refractivity contribution >= 4 is 11.8 Å². The Morgan fingerprint density at radius 2 is 1.77 bits per heavy atom. The fourth-order valence-corrected chi connectivity index (χ4v) is 1.06. The molecule has 4 heteroatoms. The van der Waals surface area contributed by atoms with Crippen LogP contribution in [0.1, 0.15) is 45.4 Å². The molecule has 0 radical (unpaired) electrons. The standard InChI is InChI=1S/C9H17NO3/c1-2-3-4-5-6-7-8(11)9(12)13-10/h2-7,10H2,1H3. The van der Waals surface area contributed by atoms with Crippen molar-refractivity contribution in [3.63, 3.8) is 0 Å². The quantitative estimate of drug-likeness (QED) is 0.371. The molecule has 0 aromatic rings. The van der Waals surface area contributed by atoms with Crippen molar-refractivity contribution in [2.24, 2.45) is 5.90 Å². The number of Topliss-reactive ketones (excluding diaryl/α,β-unsaturated/α-hetero) is 1. The van der Waals surface area contributed by atoms with Crippen molar-refractivity contribution in [3.05, 3.63) is 0 Å². The van der Waals surface area contributed by atoms with E-state index in [0.29, 0.717) is 0 Å². The van der Waals surface area contributed by atoms with Gasteiger partial charge >= 0.3 is 5.97 Å². The highest BCUT2D eigenvalue weighted by Crippen LogP contribution is 2.05. The normalized spacial score (nSPS) is 9.69. The zero-order valence-electron chi connectivity index (χ0n) is 8.04. The number of carbonyl (C=O) groups excluding carboxylic acids is 2.